The minimum Gasteiger partial charge on any atom is -0.475 e. The Morgan fingerprint density at radius 3 is 2.47 bits per heavy atom. The van der Waals surface area contributed by atoms with Crippen LogP contribution in [0.4, 0.5) is 5.00 Å². The van der Waals surface area contributed by atoms with Gasteiger partial charge in [0.1, 0.15) is 0 Å². The summed E-state index contributed by atoms with van der Waals surface area (Å²) in [5.74, 6) is -3.03. The van der Waals surface area contributed by atoms with E-state index < -0.39 is 24.0 Å². The highest BCUT2D eigenvalue weighted by atomic mass is 32.1. The second-order valence-corrected chi connectivity index (χ2v) is 5.58. The first-order valence-electron chi connectivity index (χ1n) is 6.22. The summed E-state index contributed by atoms with van der Waals surface area (Å²) in [5, 5.41) is 9.50. The molecule has 19 heavy (non-hydrogen) atoms. The van der Waals surface area contributed by atoms with Crippen molar-refractivity contribution in [1.29, 1.82) is 0 Å². The number of aliphatic carboxylic acids is 1. The number of carbonyl (C=O) groups is 3. The molecule has 0 bridgehead atoms. The predicted molar refractivity (Wildman–Crippen MR) is 72.0 cm³/mol. The van der Waals surface area contributed by atoms with Crippen LogP contribution in [0.2, 0.25) is 0 Å². The molecule has 2 heterocycles. The normalized spacial score (nSPS) is 15.3. The van der Waals surface area contributed by atoms with Crippen LogP contribution < -0.4 is 4.90 Å². The quantitative estimate of drug-likeness (QED) is 0.507. The molecule has 1 fully saturated rings. The van der Waals surface area contributed by atoms with Crippen molar-refractivity contribution in [3.05, 3.63) is 17.0 Å². The maximum atomic E-state index is 11.8. The molecule has 2 rings (SSSR count). The number of Topliss-reactive ketones (excluding diaryl/α,β-unsaturated/α-hetero) is 2. The molecular weight excluding hydrogens is 266 g/mol. The molecule has 0 radical (unpaired) electrons. The Bertz CT molecular complexity index is 502. The molecule has 0 aliphatic carbocycles. The molecule has 6 heteroatoms. The van der Waals surface area contributed by atoms with Crippen molar-refractivity contribution in [1.82, 2.24) is 0 Å². The maximum absolute atomic E-state index is 11.8. The summed E-state index contributed by atoms with van der Waals surface area (Å²) in [6, 6.07) is 3.54. The van der Waals surface area contributed by atoms with E-state index in [0.29, 0.717) is 4.88 Å². The Kier molecular flexibility index (Phi) is 4.31. The van der Waals surface area contributed by atoms with Crippen molar-refractivity contribution in [2.45, 2.75) is 25.7 Å². The van der Waals surface area contributed by atoms with Gasteiger partial charge in [0.25, 0.3) is 0 Å². The molecule has 1 aromatic heterocycles. The van der Waals surface area contributed by atoms with Crippen LogP contribution in [0.5, 0.6) is 0 Å². The number of carboxylic acid groups (broad SMARTS) is 1. The molecule has 0 unspecified atom stereocenters. The molecule has 1 saturated heterocycles. The SMILES string of the molecule is O=C(O)C(=O)CC(=O)c1ccc(N2CCCCC2)s1. The van der Waals surface area contributed by atoms with Crippen molar-refractivity contribution in [3.63, 3.8) is 0 Å². The van der Waals surface area contributed by atoms with Crippen LogP contribution in [-0.4, -0.2) is 35.7 Å². The molecule has 5 nitrogen and oxygen atoms in total. The van der Waals surface area contributed by atoms with E-state index in [-0.39, 0.29) is 0 Å². The van der Waals surface area contributed by atoms with Gasteiger partial charge in [-0.1, -0.05) is 0 Å². The Labute approximate surface area is 114 Å². The smallest absolute Gasteiger partial charge is 0.372 e. The van der Waals surface area contributed by atoms with Crippen LogP contribution in [0, 0.1) is 0 Å². The van der Waals surface area contributed by atoms with Crippen LogP contribution in [0.3, 0.4) is 0 Å². The molecule has 0 saturated carbocycles. The van der Waals surface area contributed by atoms with E-state index in [4.69, 9.17) is 5.11 Å². The number of ketones is 2. The van der Waals surface area contributed by atoms with Crippen LogP contribution in [0.15, 0.2) is 12.1 Å². The van der Waals surface area contributed by atoms with E-state index in [0.717, 1.165) is 30.9 Å². The van der Waals surface area contributed by atoms with Gasteiger partial charge in [-0.25, -0.2) is 4.79 Å². The van der Waals surface area contributed by atoms with Crippen molar-refractivity contribution in [2.24, 2.45) is 0 Å². The molecule has 1 aliphatic rings. The van der Waals surface area contributed by atoms with E-state index in [1.165, 1.54) is 17.8 Å². The number of nitrogens with zero attached hydrogens (tertiary/aromatic N) is 1. The summed E-state index contributed by atoms with van der Waals surface area (Å²) in [7, 11) is 0. The highest BCUT2D eigenvalue weighted by molar-refractivity contribution is 7.18. The molecule has 0 atom stereocenters. The summed E-state index contributed by atoms with van der Waals surface area (Å²) in [6.07, 6.45) is 2.98. The molecule has 102 valence electrons. The van der Waals surface area contributed by atoms with E-state index in [1.807, 2.05) is 6.07 Å². The second-order valence-electron chi connectivity index (χ2n) is 4.51. The van der Waals surface area contributed by atoms with Gasteiger partial charge in [0.15, 0.2) is 5.78 Å². The largest absolute Gasteiger partial charge is 0.475 e. The van der Waals surface area contributed by atoms with E-state index in [9.17, 15) is 14.4 Å². The summed E-state index contributed by atoms with van der Waals surface area (Å²) in [5.41, 5.74) is 0. The predicted octanol–water partition coefficient (Wildman–Crippen LogP) is 1.96. The number of hydrogen-bond donors (Lipinski definition) is 1. The lowest BCUT2D eigenvalue weighted by Gasteiger charge is -2.27. The fourth-order valence-corrected chi connectivity index (χ4v) is 3.07. The van der Waals surface area contributed by atoms with Crippen molar-refractivity contribution in [2.75, 3.05) is 18.0 Å². The Morgan fingerprint density at radius 1 is 1.16 bits per heavy atom. The fourth-order valence-electron chi connectivity index (χ4n) is 2.07. The van der Waals surface area contributed by atoms with Gasteiger partial charge in [0.05, 0.1) is 16.3 Å². The lowest BCUT2D eigenvalue weighted by atomic mass is 10.1. The summed E-state index contributed by atoms with van der Waals surface area (Å²) in [6.45, 7) is 1.98. The molecule has 0 spiro atoms. The van der Waals surface area contributed by atoms with E-state index in [1.54, 1.807) is 6.07 Å². The monoisotopic (exact) mass is 281 g/mol. The number of rotatable bonds is 5. The maximum Gasteiger partial charge on any atom is 0.372 e. The zero-order chi connectivity index (χ0) is 13.8. The third-order valence-corrected chi connectivity index (χ3v) is 4.28. The summed E-state index contributed by atoms with van der Waals surface area (Å²) in [4.78, 5) is 35.9. The second kappa shape index (κ2) is 5.97. The van der Waals surface area contributed by atoms with Gasteiger partial charge in [-0.3, -0.25) is 9.59 Å². The lowest BCUT2D eigenvalue weighted by molar-refractivity contribution is -0.148. The number of hydrogen-bond acceptors (Lipinski definition) is 5. The van der Waals surface area contributed by atoms with Gasteiger partial charge in [0.2, 0.25) is 5.78 Å². The van der Waals surface area contributed by atoms with Crippen LogP contribution in [0.1, 0.15) is 35.4 Å². The van der Waals surface area contributed by atoms with Crippen LogP contribution >= 0.6 is 11.3 Å². The van der Waals surface area contributed by atoms with Gasteiger partial charge in [-0.2, -0.15) is 0 Å². The third-order valence-electron chi connectivity index (χ3n) is 3.09. The topological polar surface area (TPSA) is 74.7 Å². The van der Waals surface area contributed by atoms with E-state index in [2.05, 4.69) is 4.90 Å². The zero-order valence-corrected chi connectivity index (χ0v) is 11.2. The highest BCUT2D eigenvalue weighted by Gasteiger charge is 2.20. The molecule has 0 amide bonds. The molecule has 1 N–H and O–H groups in total. The summed E-state index contributed by atoms with van der Waals surface area (Å²) < 4.78 is 0. The number of thiophene rings is 1. The highest BCUT2D eigenvalue weighted by Crippen LogP contribution is 2.29. The lowest BCUT2D eigenvalue weighted by Crippen LogP contribution is -2.28. The first-order chi connectivity index (χ1) is 9.08. The number of anilines is 1. The van der Waals surface area contributed by atoms with E-state index >= 15 is 0 Å². The van der Waals surface area contributed by atoms with Crippen molar-refractivity contribution >= 4 is 33.9 Å². The van der Waals surface area contributed by atoms with Gasteiger partial charge < -0.3 is 10.0 Å². The standard InChI is InChI=1S/C13H15NO4S/c15-9(8-10(16)13(17)18)11-4-5-12(19-11)14-6-2-1-3-7-14/h4-5H,1-3,6-8H2,(H,17,18). The van der Waals surface area contributed by atoms with Gasteiger partial charge in [0, 0.05) is 13.1 Å². The molecule has 1 aliphatic heterocycles. The van der Waals surface area contributed by atoms with Gasteiger partial charge >= 0.3 is 5.97 Å². The molecule has 1 aromatic rings. The first-order valence-corrected chi connectivity index (χ1v) is 7.03. The van der Waals surface area contributed by atoms with Crippen LogP contribution in [0.25, 0.3) is 0 Å². The minimum absolute atomic E-state index is 0.416. The summed E-state index contributed by atoms with van der Waals surface area (Å²) >= 11 is 1.33. The van der Waals surface area contributed by atoms with Gasteiger partial charge in [-0.05, 0) is 31.4 Å². The average Bonchev–Trinajstić information content (AvgIpc) is 2.89. The van der Waals surface area contributed by atoms with Crippen LogP contribution in [-0.2, 0) is 9.59 Å². The Hall–Kier alpha value is -1.69. The average molecular weight is 281 g/mol. The van der Waals surface area contributed by atoms with Crippen molar-refractivity contribution in [3.8, 4) is 0 Å². The van der Waals surface area contributed by atoms with Gasteiger partial charge in [-0.15, -0.1) is 11.3 Å². The zero-order valence-electron chi connectivity index (χ0n) is 10.4. The number of piperidine rings is 1. The fraction of sp³-hybridized carbons (Fsp3) is 0.462. The first kappa shape index (κ1) is 13.7. The number of carbonyl (C=O) groups excluding carboxylic acids is 2. The Morgan fingerprint density at radius 2 is 1.84 bits per heavy atom. The number of carboxylic acids is 1. The third kappa shape index (κ3) is 3.41. The molecular formula is C13H15NO4S. The van der Waals surface area contributed by atoms with Crippen molar-refractivity contribution < 1.29 is 19.5 Å². The Balaban J connectivity index is 2.01. The molecule has 0 aromatic carbocycles. The minimum atomic E-state index is -1.55.